The number of ether oxygens (including phenoxy) is 1. The highest BCUT2D eigenvalue weighted by atomic mass is 16.5. The van der Waals surface area contributed by atoms with Crippen molar-refractivity contribution in [2.24, 2.45) is 5.41 Å². The number of likely N-dealkylation sites (tertiary alicyclic amines) is 2. The Bertz CT molecular complexity index is 890. The molecule has 0 radical (unpaired) electrons. The maximum atomic E-state index is 13.3. The van der Waals surface area contributed by atoms with Gasteiger partial charge in [-0.25, -0.2) is 0 Å². The minimum Gasteiger partial charge on any atom is -0.383 e. The smallest absolute Gasteiger partial charge is 0.270 e. The van der Waals surface area contributed by atoms with Crippen molar-refractivity contribution in [1.29, 1.82) is 0 Å². The van der Waals surface area contributed by atoms with Crippen molar-refractivity contribution in [1.82, 2.24) is 14.8 Å². The van der Waals surface area contributed by atoms with E-state index in [-0.39, 0.29) is 11.8 Å². The predicted molar refractivity (Wildman–Crippen MR) is 108 cm³/mol. The highest BCUT2D eigenvalue weighted by Gasteiger charge is 2.49. The van der Waals surface area contributed by atoms with Crippen LogP contribution in [-0.2, 0) is 16.0 Å². The van der Waals surface area contributed by atoms with Crippen LogP contribution in [-0.4, -0.2) is 66.5 Å². The number of aromatic nitrogens is 1. The molecule has 2 fully saturated rings. The van der Waals surface area contributed by atoms with E-state index in [0.29, 0.717) is 31.9 Å². The van der Waals surface area contributed by atoms with Gasteiger partial charge < -0.3 is 19.5 Å². The van der Waals surface area contributed by atoms with E-state index >= 15 is 0 Å². The molecule has 2 aromatic rings. The summed E-state index contributed by atoms with van der Waals surface area (Å²) in [5.74, 6) is 0.213. The number of aryl methyl sites for hydroxylation is 1. The predicted octanol–water partition coefficient (Wildman–Crippen LogP) is 2.83. The van der Waals surface area contributed by atoms with Gasteiger partial charge in [0.1, 0.15) is 5.69 Å². The number of fused-ring (bicyclic) bond motifs is 1. The van der Waals surface area contributed by atoms with E-state index in [1.54, 1.807) is 7.11 Å². The van der Waals surface area contributed by atoms with Crippen LogP contribution < -0.4 is 0 Å². The van der Waals surface area contributed by atoms with Crippen LogP contribution in [0.5, 0.6) is 0 Å². The summed E-state index contributed by atoms with van der Waals surface area (Å²) in [6.07, 6.45) is 3.41. The fraction of sp³-hybridized carbons (Fsp3) is 0.545. The van der Waals surface area contributed by atoms with Gasteiger partial charge >= 0.3 is 0 Å². The third kappa shape index (κ3) is 3.09. The van der Waals surface area contributed by atoms with Gasteiger partial charge in [-0.2, -0.15) is 0 Å². The van der Waals surface area contributed by atoms with Gasteiger partial charge in [-0.1, -0.05) is 25.1 Å². The SMILES string of the molecule is CCc1c(C(=O)N2CCC3(CCCN(CCOC)C3=O)C2)[nH]c2ccccc12. The lowest BCUT2D eigenvalue weighted by Crippen LogP contribution is -2.51. The lowest BCUT2D eigenvalue weighted by molar-refractivity contribution is -0.146. The standard InChI is InChI=1S/C22H29N3O3/c1-3-16-17-7-4-5-8-18(17)23-19(16)20(26)25-12-10-22(15-25)9-6-11-24(21(22)27)13-14-28-2/h4-5,7-8,23H,3,6,9-15H2,1-2H3. The summed E-state index contributed by atoms with van der Waals surface area (Å²) < 4.78 is 5.15. The van der Waals surface area contributed by atoms with Crippen molar-refractivity contribution < 1.29 is 14.3 Å². The van der Waals surface area contributed by atoms with E-state index in [2.05, 4.69) is 18.0 Å². The number of piperidine rings is 1. The normalized spacial score (nSPS) is 22.6. The molecule has 2 aliphatic rings. The van der Waals surface area contributed by atoms with Gasteiger partial charge in [0.2, 0.25) is 5.91 Å². The Morgan fingerprint density at radius 1 is 1.25 bits per heavy atom. The highest BCUT2D eigenvalue weighted by Crippen LogP contribution is 2.40. The van der Waals surface area contributed by atoms with Crippen molar-refractivity contribution in [2.75, 3.05) is 39.9 Å². The van der Waals surface area contributed by atoms with Crippen LogP contribution in [0.1, 0.15) is 42.2 Å². The summed E-state index contributed by atoms with van der Waals surface area (Å²) in [7, 11) is 1.66. The van der Waals surface area contributed by atoms with Crippen LogP contribution >= 0.6 is 0 Å². The van der Waals surface area contributed by atoms with Crippen molar-refractivity contribution >= 4 is 22.7 Å². The Kier molecular flexibility index (Phi) is 5.15. The first-order chi connectivity index (χ1) is 13.6. The fourth-order valence-corrected chi connectivity index (χ4v) is 4.90. The molecular formula is C22H29N3O3. The summed E-state index contributed by atoms with van der Waals surface area (Å²) in [6, 6.07) is 8.05. The fourth-order valence-electron chi connectivity index (χ4n) is 4.90. The summed E-state index contributed by atoms with van der Waals surface area (Å²) in [5.41, 5.74) is 2.33. The van der Waals surface area contributed by atoms with Crippen molar-refractivity contribution in [2.45, 2.75) is 32.6 Å². The minimum atomic E-state index is -0.417. The van der Waals surface area contributed by atoms with Gasteiger partial charge in [0.15, 0.2) is 0 Å². The van der Waals surface area contributed by atoms with Crippen LogP contribution in [0, 0.1) is 5.41 Å². The molecular weight excluding hydrogens is 354 g/mol. The Hall–Kier alpha value is -2.34. The van der Waals surface area contributed by atoms with Crippen LogP contribution in [0.25, 0.3) is 10.9 Å². The molecule has 0 saturated carbocycles. The molecule has 4 rings (SSSR count). The van der Waals surface area contributed by atoms with E-state index < -0.39 is 5.41 Å². The number of methoxy groups -OCH3 is 1. The van der Waals surface area contributed by atoms with E-state index in [1.165, 1.54) is 0 Å². The average Bonchev–Trinajstić information content (AvgIpc) is 3.31. The second-order valence-electron chi connectivity index (χ2n) is 8.02. The second-order valence-corrected chi connectivity index (χ2v) is 8.02. The molecule has 1 N–H and O–H groups in total. The topological polar surface area (TPSA) is 65.6 Å². The molecule has 28 heavy (non-hydrogen) atoms. The van der Waals surface area contributed by atoms with E-state index in [9.17, 15) is 9.59 Å². The average molecular weight is 383 g/mol. The molecule has 2 amide bonds. The minimum absolute atomic E-state index is 0.0201. The molecule has 1 aromatic heterocycles. The molecule has 150 valence electrons. The Labute approximate surface area is 165 Å². The molecule has 1 unspecified atom stereocenters. The van der Waals surface area contributed by atoms with E-state index in [0.717, 1.165) is 48.7 Å². The Morgan fingerprint density at radius 2 is 2.07 bits per heavy atom. The van der Waals surface area contributed by atoms with Gasteiger partial charge in [0.25, 0.3) is 5.91 Å². The second kappa shape index (κ2) is 7.59. The van der Waals surface area contributed by atoms with Crippen molar-refractivity contribution in [3.8, 4) is 0 Å². The number of aromatic amines is 1. The molecule has 3 heterocycles. The number of rotatable bonds is 5. The number of amides is 2. The number of benzene rings is 1. The zero-order valence-electron chi connectivity index (χ0n) is 16.8. The van der Waals surface area contributed by atoms with Crippen molar-refractivity contribution in [3.63, 3.8) is 0 Å². The number of H-pyrrole nitrogens is 1. The maximum absolute atomic E-state index is 13.3. The van der Waals surface area contributed by atoms with Crippen LogP contribution in [0.3, 0.4) is 0 Å². The Morgan fingerprint density at radius 3 is 2.86 bits per heavy atom. The lowest BCUT2D eigenvalue weighted by Gasteiger charge is -2.39. The van der Waals surface area contributed by atoms with Gasteiger partial charge in [-0.3, -0.25) is 9.59 Å². The highest BCUT2D eigenvalue weighted by molar-refractivity contribution is 6.01. The Balaban J connectivity index is 1.56. The number of carbonyl (C=O) groups excluding carboxylic acids is 2. The van der Waals surface area contributed by atoms with Crippen LogP contribution in [0.4, 0.5) is 0 Å². The molecule has 1 spiro atoms. The summed E-state index contributed by atoms with van der Waals surface area (Å²) >= 11 is 0. The molecule has 2 aliphatic heterocycles. The zero-order valence-corrected chi connectivity index (χ0v) is 16.8. The quantitative estimate of drug-likeness (QED) is 0.863. The van der Waals surface area contributed by atoms with E-state index in [1.807, 2.05) is 28.0 Å². The summed E-state index contributed by atoms with van der Waals surface area (Å²) in [4.78, 5) is 33.6. The first-order valence-electron chi connectivity index (χ1n) is 10.3. The number of hydrogen-bond acceptors (Lipinski definition) is 3. The van der Waals surface area contributed by atoms with Gasteiger partial charge in [0, 0.05) is 44.2 Å². The first-order valence-corrected chi connectivity index (χ1v) is 10.3. The van der Waals surface area contributed by atoms with Crippen LogP contribution in [0.15, 0.2) is 24.3 Å². The molecule has 1 atom stereocenters. The third-order valence-corrected chi connectivity index (χ3v) is 6.41. The van der Waals surface area contributed by atoms with Gasteiger partial charge in [-0.15, -0.1) is 0 Å². The number of hydrogen-bond donors (Lipinski definition) is 1. The largest absolute Gasteiger partial charge is 0.383 e. The molecule has 6 heteroatoms. The molecule has 0 aliphatic carbocycles. The molecule has 1 aromatic carbocycles. The zero-order chi connectivity index (χ0) is 19.7. The molecule has 6 nitrogen and oxygen atoms in total. The molecule has 2 saturated heterocycles. The summed E-state index contributed by atoms with van der Waals surface area (Å²) in [6.45, 7) is 5.22. The summed E-state index contributed by atoms with van der Waals surface area (Å²) in [5, 5.41) is 1.11. The van der Waals surface area contributed by atoms with Crippen molar-refractivity contribution in [3.05, 3.63) is 35.5 Å². The third-order valence-electron chi connectivity index (χ3n) is 6.41. The van der Waals surface area contributed by atoms with Gasteiger partial charge in [0.05, 0.1) is 12.0 Å². The molecule has 0 bridgehead atoms. The lowest BCUT2D eigenvalue weighted by atomic mass is 9.78. The van der Waals surface area contributed by atoms with Gasteiger partial charge in [-0.05, 0) is 37.3 Å². The monoisotopic (exact) mass is 383 g/mol. The number of carbonyl (C=O) groups is 2. The maximum Gasteiger partial charge on any atom is 0.270 e. The number of para-hydroxylation sites is 1. The number of nitrogens with zero attached hydrogens (tertiary/aromatic N) is 2. The first kappa shape index (κ1) is 19.0. The number of nitrogens with one attached hydrogen (secondary N) is 1. The van der Waals surface area contributed by atoms with E-state index in [4.69, 9.17) is 4.74 Å². The van der Waals surface area contributed by atoms with Crippen LogP contribution in [0.2, 0.25) is 0 Å².